The molecule has 0 aliphatic heterocycles. The molecule has 0 saturated carbocycles. The first-order chi connectivity index (χ1) is 35.2. The number of hydrogen-bond donors (Lipinski definition) is 0. The first kappa shape index (κ1) is 37.3. The molecule has 1 heterocycles. The number of fused-ring (bicyclic) bond motifs is 27. The minimum absolute atomic E-state index is 0.432. The molecule has 0 saturated heterocycles. The highest BCUT2D eigenvalue weighted by atomic mass is 32.1. The second-order valence-electron chi connectivity index (χ2n) is 20.4. The van der Waals surface area contributed by atoms with E-state index in [1.165, 1.54) is 163 Å². The van der Waals surface area contributed by atoms with Gasteiger partial charge in [0.15, 0.2) is 0 Å². The summed E-state index contributed by atoms with van der Waals surface area (Å²) in [4.78, 5) is 0. The lowest BCUT2D eigenvalue weighted by Crippen LogP contribution is -2.26. The van der Waals surface area contributed by atoms with Gasteiger partial charge >= 0.3 is 0 Å². The Balaban J connectivity index is 0.989. The van der Waals surface area contributed by atoms with Crippen molar-refractivity contribution in [2.24, 2.45) is 0 Å². The first-order valence-electron chi connectivity index (χ1n) is 25.0. The highest BCUT2D eigenvalue weighted by Crippen LogP contribution is 2.67. The number of hydrogen-bond acceptors (Lipinski definition) is 1. The van der Waals surface area contributed by atoms with E-state index in [-0.39, 0.29) is 0 Å². The molecule has 0 unspecified atom stereocenters. The van der Waals surface area contributed by atoms with Crippen LogP contribution in [-0.4, -0.2) is 0 Å². The van der Waals surface area contributed by atoms with Crippen molar-refractivity contribution in [3.8, 4) is 55.6 Å². The summed E-state index contributed by atoms with van der Waals surface area (Å²) in [6, 6.07) is 89.1. The fourth-order valence-corrected chi connectivity index (χ4v) is 16.4. The number of thiophene rings is 1. The summed E-state index contributed by atoms with van der Waals surface area (Å²) < 4.78 is 2.68. The van der Waals surface area contributed by atoms with Gasteiger partial charge in [-0.15, -0.1) is 11.3 Å². The normalized spacial score (nSPS) is 14.7. The Labute approximate surface area is 413 Å². The van der Waals surface area contributed by atoms with Crippen molar-refractivity contribution in [1.82, 2.24) is 0 Å². The van der Waals surface area contributed by atoms with Crippen molar-refractivity contribution in [2.75, 3.05) is 0 Å². The van der Waals surface area contributed by atoms with Crippen molar-refractivity contribution >= 4 is 74.6 Å². The molecule has 18 rings (SSSR count). The van der Waals surface area contributed by atoms with Gasteiger partial charge in [-0.2, -0.15) is 0 Å². The number of rotatable bonds is 1. The lowest BCUT2D eigenvalue weighted by atomic mass is 9.69. The largest absolute Gasteiger partial charge is 0.135 e. The molecule has 0 atom stereocenters. The summed E-state index contributed by atoms with van der Waals surface area (Å²) in [7, 11) is 0. The van der Waals surface area contributed by atoms with Crippen LogP contribution in [0.25, 0.3) is 119 Å². The molecule has 324 valence electrons. The molecule has 0 nitrogen and oxygen atoms in total. The zero-order valence-electron chi connectivity index (χ0n) is 38.3. The van der Waals surface area contributed by atoms with E-state index in [2.05, 4.69) is 231 Å². The molecule has 0 fully saturated rings. The maximum Gasteiger partial charge on any atom is 0.0726 e. The first-order valence-corrected chi connectivity index (χ1v) is 25.8. The van der Waals surface area contributed by atoms with Gasteiger partial charge in [0.1, 0.15) is 0 Å². The van der Waals surface area contributed by atoms with Crippen LogP contribution < -0.4 is 0 Å². The highest BCUT2D eigenvalue weighted by molar-refractivity contribution is 7.26. The molecule has 0 bridgehead atoms. The van der Waals surface area contributed by atoms with Crippen LogP contribution in [-0.2, 0) is 10.8 Å². The van der Waals surface area contributed by atoms with Crippen LogP contribution in [0.5, 0.6) is 0 Å². The number of benzene rings is 13. The third-order valence-electron chi connectivity index (χ3n) is 17.6. The van der Waals surface area contributed by atoms with Gasteiger partial charge < -0.3 is 0 Å². The molecule has 0 amide bonds. The monoisotopic (exact) mass is 910 g/mol. The van der Waals surface area contributed by atoms with Crippen molar-refractivity contribution in [2.45, 2.75) is 10.8 Å². The highest BCUT2D eigenvalue weighted by Gasteiger charge is 2.54. The standard InChI is InChI=1S/C70H38S/c1-7-28-55-41(16-1)42-17-2-8-29-56(42)69(55)59-32-11-5-21-49(59)66-51-26-14-23-47-54-38-62-67(52-27-15-24-46(65(52)54)53(64(47)51)37-61(66)69)50-35-34-39(40-22-13-25-48-45-20-6-12-33-63(45)71-68(40)48)36-60(50)70(62)57-30-9-3-18-43(57)44-19-4-10-31-58(44)70/h1-38H. The third kappa shape index (κ3) is 4.15. The minimum atomic E-state index is -0.525. The van der Waals surface area contributed by atoms with Crippen molar-refractivity contribution < 1.29 is 0 Å². The summed E-state index contributed by atoms with van der Waals surface area (Å²) in [5, 5.41) is 13.3. The molecule has 1 heteroatoms. The maximum absolute atomic E-state index is 2.65. The van der Waals surface area contributed by atoms with E-state index in [1.807, 2.05) is 11.3 Å². The Hall–Kier alpha value is -8.62. The molecule has 71 heavy (non-hydrogen) atoms. The minimum Gasteiger partial charge on any atom is -0.135 e. The van der Waals surface area contributed by atoms with Gasteiger partial charge in [0.25, 0.3) is 0 Å². The summed E-state index contributed by atoms with van der Waals surface area (Å²) in [6.07, 6.45) is 0. The van der Waals surface area contributed by atoms with E-state index in [4.69, 9.17) is 0 Å². The van der Waals surface area contributed by atoms with Crippen LogP contribution in [0.15, 0.2) is 231 Å². The fourth-order valence-electron chi connectivity index (χ4n) is 15.2. The lowest BCUT2D eigenvalue weighted by molar-refractivity contribution is 0.795. The Morgan fingerprint density at radius 2 is 0.634 bits per heavy atom. The van der Waals surface area contributed by atoms with Crippen LogP contribution in [0.3, 0.4) is 0 Å². The summed E-state index contributed by atoms with van der Waals surface area (Å²) in [5.74, 6) is 0. The van der Waals surface area contributed by atoms with Gasteiger partial charge in [0, 0.05) is 20.2 Å². The van der Waals surface area contributed by atoms with E-state index < -0.39 is 10.8 Å². The predicted molar refractivity (Wildman–Crippen MR) is 299 cm³/mol. The molecular weight excluding hydrogens is 873 g/mol. The van der Waals surface area contributed by atoms with Gasteiger partial charge in [0.05, 0.1) is 10.8 Å². The van der Waals surface area contributed by atoms with Crippen molar-refractivity contribution in [3.05, 3.63) is 275 Å². The molecule has 14 aromatic rings. The van der Waals surface area contributed by atoms with E-state index in [0.29, 0.717) is 0 Å². The maximum atomic E-state index is 2.65. The van der Waals surface area contributed by atoms with Crippen LogP contribution >= 0.6 is 11.3 Å². The van der Waals surface area contributed by atoms with Crippen LogP contribution in [0, 0.1) is 0 Å². The molecule has 4 aliphatic carbocycles. The average molecular weight is 911 g/mol. The summed E-state index contributed by atoms with van der Waals surface area (Å²) in [5.41, 5.74) is 23.3. The topological polar surface area (TPSA) is 0 Å². The summed E-state index contributed by atoms with van der Waals surface area (Å²) in [6.45, 7) is 0. The fraction of sp³-hybridized carbons (Fsp3) is 0.0286. The summed E-state index contributed by atoms with van der Waals surface area (Å²) >= 11 is 1.91. The van der Waals surface area contributed by atoms with Gasteiger partial charge in [-0.25, -0.2) is 0 Å². The van der Waals surface area contributed by atoms with E-state index >= 15 is 0 Å². The Kier molecular flexibility index (Phi) is 6.71. The Morgan fingerprint density at radius 1 is 0.239 bits per heavy atom. The average Bonchev–Trinajstić information content (AvgIpc) is 4.23. The molecular formula is C70H38S. The van der Waals surface area contributed by atoms with E-state index in [1.54, 1.807) is 0 Å². The van der Waals surface area contributed by atoms with E-state index in [0.717, 1.165) is 0 Å². The zero-order chi connectivity index (χ0) is 45.9. The Morgan fingerprint density at radius 3 is 1.20 bits per heavy atom. The van der Waals surface area contributed by atoms with Gasteiger partial charge in [-0.3, -0.25) is 0 Å². The molecule has 0 N–H and O–H groups in total. The van der Waals surface area contributed by atoms with Gasteiger partial charge in [-0.1, -0.05) is 206 Å². The Bertz CT molecular complexity index is 4680. The van der Waals surface area contributed by atoms with Crippen LogP contribution in [0.2, 0.25) is 0 Å². The SMILES string of the molecule is c1ccc2c(c1)-c1ccccc1C21c2ccccc2-c2c1cc1c3cccc4c5c(cc(c6cccc2c61)c43)C1(c2ccccc2-c2ccccc21)c1cc(-c2cccc3c2sc2ccccc23)ccc1-5. The third-order valence-corrected chi connectivity index (χ3v) is 18.8. The van der Waals surface area contributed by atoms with Crippen molar-refractivity contribution in [3.63, 3.8) is 0 Å². The molecule has 0 radical (unpaired) electrons. The molecule has 13 aromatic carbocycles. The van der Waals surface area contributed by atoms with Gasteiger partial charge in [0.2, 0.25) is 0 Å². The zero-order valence-corrected chi connectivity index (χ0v) is 39.2. The van der Waals surface area contributed by atoms with E-state index in [9.17, 15) is 0 Å². The molecule has 1 aromatic heterocycles. The van der Waals surface area contributed by atoms with Gasteiger partial charge in [-0.05, 0) is 167 Å². The van der Waals surface area contributed by atoms with Crippen molar-refractivity contribution in [1.29, 1.82) is 0 Å². The molecule has 2 spiro atoms. The second kappa shape index (κ2) is 12.8. The predicted octanol–water partition coefficient (Wildman–Crippen LogP) is 18.5. The quantitative estimate of drug-likeness (QED) is 0.114. The molecule has 4 aliphatic rings. The smallest absolute Gasteiger partial charge is 0.0726 e. The second-order valence-corrected chi connectivity index (χ2v) is 21.5. The van der Waals surface area contributed by atoms with Crippen LogP contribution in [0.1, 0.15) is 44.5 Å². The lowest BCUT2D eigenvalue weighted by Gasteiger charge is -2.32. The van der Waals surface area contributed by atoms with Crippen LogP contribution in [0.4, 0.5) is 0 Å².